The van der Waals surface area contributed by atoms with Crippen LogP contribution in [0.15, 0.2) is 12.1 Å². The molecule has 2 rings (SSSR count). The van der Waals surface area contributed by atoms with Crippen LogP contribution in [0.3, 0.4) is 0 Å². The van der Waals surface area contributed by atoms with Crippen molar-refractivity contribution in [1.82, 2.24) is 0 Å². The van der Waals surface area contributed by atoms with Crippen LogP contribution in [0.2, 0.25) is 0 Å². The quantitative estimate of drug-likeness (QED) is 0.246. The summed E-state index contributed by atoms with van der Waals surface area (Å²) in [6, 6.07) is 3.08. The zero-order chi connectivity index (χ0) is 29.6. The monoisotopic (exact) mass is 550 g/mol. The largest absolute Gasteiger partial charge is 0.502 e. The van der Waals surface area contributed by atoms with E-state index in [9.17, 15) is 10.2 Å². The number of ether oxygens (including phenoxy) is 7. The third-order valence-corrected chi connectivity index (χ3v) is 4.64. The third kappa shape index (κ3) is 8.83. The average molecular weight is 551 g/mol. The summed E-state index contributed by atoms with van der Waals surface area (Å²) in [6.07, 6.45) is -1.58. The molecular weight excluding hydrogens is 504 g/mol. The van der Waals surface area contributed by atoms with Crippen LogP contribution in [-0.4, -0.2) is 46.8 Å². The van der Waals surface area contributed by atoms with E-state index >= 15 is 0 Å². The molecule has 0 aromatic heterocycles. The molecule has 2 aromatic rings. The number of phenolic OH excluding ortho intramolecular Hbond substituents is 2. The van der Waals surface area contributed by atoms with Crippen LogP contribution >= 0.6 is 0 Å². The van der Waals surface area contributed by atoms with E-state index in [0.29, 0.717) is 0 Å². The molecule has 0 atom stereocenters. The van der Waals surface area contributed by atoms with E-state index in [1.165, 1.54) is 12.1 Å². The minimum absolute atomic E-state index is 0.0919. The van der Waals surface area contributed by atoms with Crippen molar-refractivity contribution in [2.75, 3.05) is 0 Å². The van der Waals surface area contributed by atoms with E-state index < -0.39 is 0 Å². The number of phenols is 2. The molecule has 9 nitrogen and oxygen atoms in total. The predicted octanol–water partition coefficient (Wildman–Crippen LogP) is 7.61. The lowest BCUT2D eigenvalue weighted by molar-refractivity contribution is 0.173. The van der Waals surface area contributed by atoms with Crippen molar-refractivity contribution in [2.45, 2.75) is 120 Å². The molecule has 0 unspecified atom stereocenters. The van der Waals surface area contributed by atoms with Gasteiger partial charge in [0.1, 0.15) is 0 Å². The molecule has 2 N–H and O–H groups in total. The maximum Gasteiger partial charge on any atom is 0.211 e. The highest BCUT2D eigenvalue weighted by Crippen LogP contribution is 2.56. The van der Waals surface area contributed by atoms with E-state index in [0.717, 1.165) is 0 Å². The normalized spacial score (nSPS) is 11.6. The first kappa shape index (κ1) is 31.9. The molecule has 0 heterocycles. The summed E-state index contributed by atoms with van der Waals surface area (Å²) < 4.78 is 42.4. The van der Waals surface area contributed by atoms with Crippen LogP contribution in [0.5, 0.6) is 57.5 Å². The fourth-order valence-corrected chi connectivity index (χ4v) is 3.51. The first-order valence-corrected chi connectivity index (χ1v) is 13.6. The molecule has 0 fully saturated rings. The number of benzene rings is 2. The Morgan fingerprint density at radius 1 is 0.385 bits per heavy atom. The standard InChI is InChI=1S/C30H46O9/c1-15(2)33-21-13-23(27(35-17(5)6)29(25(21)31)37-19(9)10)39-24-14-22(34-16(3)4)26(32)30(38-20(11)12)28(24)36-18(7)8/h13-20,31-32H,1-12H3. The Morgan fingerprint density at radius 3 is 0.897 bits per heavy atom. The molecule has 0 saturated carbocycles. The van der Waals surface area contributed by atoms with Crippen LogP contribution in [0.1, 0.15) is 83.1 Å². The molecule has 0 aliphatic carbocycles. The fourth-order valence-electron chi connectivity index (χ4n) is 3.51. The van der Waals surface area contributed by atoms with E-state index in [-0.39, 0.29) is 94.1 Å². The molecular formula is C30H46O9. The number of hydrogen-bond acceptors (Lipinski definition) is 9. The van der Waals surface area contributed by atoms with Crippen molar-refractivity contribution in [2.24, 2.45) is 0 Å². The maximum atomic E-state index is 11.1. The minimum atomic E-state index is -0.279. The number of rotatable bonds is 14. The van der Waals surface area contributed by atoms with Gasteiger partial charge in [0, 0.05) is 12.1 Å². The van der Waals surface area contributed by atoms with Gasteiger partial charge in [0.25, 0.3) is 0 Å². The topological polar surface area (TPSA) is 105 Å². The van der Waals surface area contributed by atoms with Crippen LogP contribution in [0, 0.1) is 0 Å². The van der Waals surface area contributed by atoms with E-state index in [1.54, 1.807) is 0 Å². The first-order chi connectivity index (χ1) is 18.1. The SMILES string of the molecule is CC(C)Oc1cc(Oc2cc(OC(C)C)c(O)c(OC(C)C)c2OC(C)C)c(OC(C)C)c(OC(C)C)c1O. The average Bonchev–Trinajstić information content (AvgIpc) is 2.77. The summed E-state index contributed by atoms with van der Waals surface area (Å²) in [4.78, 5) is 0. The van der Waals surface area contributed by atoms with Crippen LogP contribution in [0.4, 0.5) is 0 Å². The summed E-state index contributed by atoms with van der Waals surface area (Å²) in [5.41, 5.74) is 0. The summed E-state index contributed by atoms with van der Waals surface area (Å²) in [5, 5.41) is 22.2. The molecule has 9 heteroatoms. The second-order valence-electron chi connectivity index (χ2n) is 10.9. The van der Waals surface area contributed by atoms with Crippen molar-refractivity contribution >= 4 is 0 Å². The lowest BCUT2D eigenvalue weighted by Crippen LogP contribution is -2.14. The van der Waals surface area contributed by atoms with Crippen molar-refractivity contribution < 1.29 is 43.4 Å². The molecule has 2 aromatic carbocycles. The highest BCUT2D eigenvalue weighted by molar-refractivity contribution is 5.69. The van der Waals surface area contributed by atoms with Crippen LogP contribution in [-0.2, 0) is 0 Å². The Kier molecular flexibility index (Phi) is 11.1. The summed E-state index contributed by atoms with van der Waals surface area (Å²) in [5.74, 6) is 0.903. The van der Waals surface area contributed by atoms with Gasteiger partial charge in [0.15, 0.2) is 23.0 Å². The molecule has 39 heavy (non-hydrogen) atoms. The van der Waals surface area contributed by atoms with Gasteiger partial charge in [0.05, 0.1) is 36.6 Å². The zero-order valence-electron chi connectivity index (χ0n) is 25.4. The number of aromatic hydroxyl groups is 2. The van der Waals surface area contributed by atoms with E-state index in [2.05, 4.69) is 0 Å². The Hall–Kier alpha value is -3.36. The summed E-state index contributed by atoms with van der Waals surface area (Å²) >= 11 is 0. The van der Waals surface area contributed by atoms with Crippen LogP contribution in [0.25, 0.3) is 0 Å². The molecule has 0 saturated heterocycles. The minimum Gasteiger partial charge on any atom is -0.502 e. The Morgan fingerprint density at radius 2 is 0.641 bits per heavy atom. The lowest BCUT2D eigenvalue weighted by Gasteiger charge is -2.25. The molecule has 0 radical (unpaired) electrons. The highest BCUT2D eigenvalue weighted by atomic mass is 16.6. The smallest absolute Gasteiger partial charge is 0.211 e. The molecule has 220 valence electrons. The van der Waals surface area contributed by atoms with Crippen molar-refractivity contribution in [3.63, 3.8) is 0 Å². The Labute approximate surface area is 232 Å². The first-order valence-electron chi connectivity index (χ1n) is 13.6. The second-order valence-corrected chi connectivity index (χ2v) is 10.9. The van der Waals surface area contributed by atoms with Crippen molar-refractivity contribution in [3.8, 4) is 57.5 Å². The molecule has 0 aliphatic heterocycles. The van der Waals surface area contributed by atoms with E-state index in [4.69, 9.17) is 33.2 Å². The van der Waals surface area contributed by atoms with Crippen molar-refractivity contribution in [3.05, 3.63) is 12.1 Å². The highest BCUT2D eigenvalue weighted by Gasteiger charge is 2.30. The molecule has 0 spiro atoms. The predicted molar refractivity (Wildman–Crippen MR) is 151 cm³/mol. The molecule has 0 bridgehead atoms. The molecule has 0 amide bonds. The molecule has 0 aliphatic rings. The van der Waals surface area contributed by atoms with E-state index in [1.807, 2.05) is 83.1 Å². The summed E-state index contributed by atoms with van der Waals surface area (Å²) in [6.45, 7) is 22.2. The zero-order valence-corrected chi connectivity index (χ0v) is 25.4. The van der Waals surface area contributed by atoms with Gasteiger partial charge in [-0.25, -0.2) is 0 Å². The Balaban J connectivity index is 2.91. The second kappa shape index (κ2) is 13.6. The fraction of sp³-hybridized carbons (Fsp3) is 0.600. The Bertz CT molecular complexity index is 1000. The van der Waals surface area contributed by atoms with Gasteiger partial charge < -0.3 is 43.4 Å². The number of hydrogen-bond donors (Lipinski definition) is 2. The van der Waals surface area contributed by atoms with Gasteiger partial charge in [-0.1, -0.05) is 0 Å². The van der Waals surface area contributed by atoms with Gasteiger partial charge in [-0.3, -0.25) is 0 Å². The van der Waals surface area contributed by atoms with Crippen LogP contribution < -0.4 is 33.2 Å². The third-order valence-electron chi connectivity index (χ3n) is 4.64. The maximum absolute atomic E-state index is 11.1. The van der Waals surface area contributed by atoms with Gasteiger partial charge in [-0.05, 0) is 83.1 Å². The van der Waals surface area contributed by atoms with Gasteiger partial charge >= 0.3 is 0 Å². The van der Waals surface area contributed by atoms with Gasteiger partial charge in [-0.15, -0.1) is 0 Å². The summed E-state index contributed by atoms with van der Waals surface area (Å²) in [7, 11) is 0. The van der Waals surface area contributed by atoms with Crippen molar-refractivity contribution in [1.29, 1.82) is 0 Å². The van der Waals surface area contributed by atoms with Gasteiger partial charge in [0.2, 0.25) is 34.5 Å². The lowest BCUT2D eigenvalue weighted by atomic mass is 10.2. The van der Waals surface area contributed by atoms with Gasteiger partial charge in [-0.2, -0.15) is 0 Å².